The second kappa shape index (κ2) is 5.80. The van der Waals surface area contributed by atoms with E-state index in [1.54, 1.807) is 0 Å². The fourth-order valence-corrected chi connectivity index (χ4v) is 2.74. The molecule has 2 aliphatic rings. The lowest BCUT2D eigenvalue weighted by molar-refractivity contribution is 0.171. The van der Waals surface area contributed by atoms with E-state index in [1.165, 1.54) is 18.4 Å². The number of nitrogens with one attached hydrogen (secondary N) is 1. The molecule has 1 aromatic rings. The highest BCUT2D eigenvalue weighted by Crippen LogP contribution is 2.30. The molecular formula is C15H22N2O2. The summed E-state index contributed by atoms with van der Waals surface area (Å²) < 4.78 is 11.1. The lowest BCUT2D eigenvalue weighted by Crippen LogP contribution is -2.41. The zero-order valence-corrected chi connectivity index (χ0v) is 11.2. The fourth-order valence-electron chi connectivity index (χ4n) is 2.74. The van der Waals surface area contributed by atoms with Crippen molar-refractivity contribution in [2.75, 3.05) is 26.3 Å². The largest absolute Gasteiger partial charge is 0.486 e. The van der Waals surface area contributed by atoms with Gasteiger partial charge in [0.25, 0.3) is 0 Å². The third-order valence-electron chi connectivity index (χ3n) is 3.90. The summed E-state index contributed by atoms with van der Waals surface area (Å²) in [4.78, 5) is 0. The van der Waals surface area contributed by atoms with Gasteiger partial charge in [-0.05, 0) is 56.0 Å². The smallest absolute Gasteiger partial charge is 0.161 e. The first kappa shape index (κ1) is 12.8. The Hall–Kier alpha value is -1.26. The van der Waals surface area contributed by atoms with Gasteiger partial charge in [0.05, 0.1) is 0 Å². The van der Waals surface area contributed by atoms with Gasteiger partial charge in [-0.25, -0.2) is 0 Å². The molecule has 1 aliphatic carbocycles. The van der Waals surface area contributed by atoms with Gasteiger partial charge in [-0.15, -0.1) is 0 Å². The summed E-state index contributed by atoms with van der Waals surface area (Å²) in [5.74, 6) is 2.54. The van der Waals surface area contributed by atoms with Gasteiger partial charge in [0.2, 0.25) is 0 Å². The number of rotatable bonds is 5. The lowest BCUT2D eigenvalue weighted by Gasteiger charge is -2.32. The summed E-state index contributed by atoms with van der Waals surface area (Å²) in [5.41, 5.74) is 7.07. The van der Waals surface area contributed by atoms with E-state index in [0.29, 0.717) is 19.3 Å². The van der Waals surface area contributed by atoms with Crippen LogP contribution in [-0.4, -0.2) is 32.3 Å². The molecule has 1 fully saturated rings. The predicted octanol–water partition coefficient (Wildman–Crippen LogP) is 1.33. The van der Waals surface area contributed by atoms with Crippen molar-refractivity contribution < 1.29 is 9.47 Å². The zero-order chi connectivity index (χ0) is 13.1. The minimum atomic E-state index is 0.449. The van der Waals surface area contributed by atoms with Crippen LogP contribution in [0, 0.1) is 5.92 Å². The van der Waals surface area contributed by atoms with E-state index < -0.39 is 0 Å². The van der Waals surface area contributed by atoms with Gasteiger partial charge < -0.3 is 20.5 Å². The van der Waals surface area contributed by atoms with Crippen molar-refractivity contribution in [1.29, 1.82) is 0 Å². The fraction of sp³-hybridized carbons (Fsp3) is 0.600. The highest BCUT2D eigenvalue weighted by molar-refractivity contribution is 5.43. The molecule has 0 saturated heterocycles. The monoisotopic (exact) mass is 262 g/mol. The molecule has 1 saturated carbocycles. The van der Waals surface area contributed by atoms with Crippen LogP contribution in [0.15, 0.2) is 18.2 Å². The van der Waals surface area contributed by atoms with Crippen LogP contribution in [0.2, 0.25) is 0 Å². The number of ether oxygens (including phenoxy) is 2. The standard InChI is InChI=1S/C15H22N2O2/c16-13-7-12(8-13)10-17-4-3-11-1-2-14-15(9-11)19-6-5-18-14/h1-2,9,12-13,17H,3-8,10,16H2. The molecule has 0 bridgehead atoms. The van der Waals surface area contributed by atoms with Crippen molar-refractivity contribution in [2.45, 2.75) is 25.3 Å². The number of fused-ring (bicyclic) bond motifs is 1. The Balaban J connectivity index is 1.42. The van der Waals surface area contributed by atoms with Crippen LogP contribution in [0.25, 0.3) is 0 Å². The second-order valence-corrected chi connectivity index (χ2v) is 5.53. The van der Waals surface area contributed by atoms with Crippen molar-refractivity contribution >= 4 is 0 Å². The molecule has 0 unspecified atom stereocenters. The normalized spacial score (nSPS) is 24.9. The molecule has 104 valence electrons. The topological polar surface area (TPSA) is 56.5 Å². The number of hydrogen-bond donors (Lipinski definition) is 2. The molecule has 3 rings (SSSR count). The quantitative estimate of drug-likeness (QED) is 0.786. The molecule has 0 amide bonds. The summed E-state index contributed by atoms with van der Waals surface area (Å²) in [5, 5.41) is 3.51. The molecule has 19 heavy (non-hydrogen) atoms. The molecule has 1 heterocycles. The van der Waals surface area contributed by atoms with Gasteiger partial charge in [-0.3, -0.25) is 0 Å². The molecule has 0 atom stereocenters. The Morgan fingerprint density at radius 2 is 1.95 bits per heavy atom. The maximum absolute atomic E-state index is 5.78. The zero-order valence-electron chi connectivity index (χ0n) is 11.2. The van der Waals surface area contributed by atoms with Crippen LogP contribution < -0.4 is 20.5 Å². The predicted molar refractivity (Wildman–Crippen MR) is 74.7 cm³/mol. The third-order valence-corrected chi connectivity index (χ3v) is 3.90. The summed E-state index contributed by atoms with van der Waals surface area (Å²) in [6, 6.07) is 6.67. The number of benzene rings is 1. The van der Waals surface area contributed by atoms with Crippen LogP contribution in [0.1, 0.15) is 18.4 Å². The van der Waals surface area contributed by atoms with E-state index in [0.717, 1.165) is 36.9 Å². The number of nitrogens with two attached hydrogens (primary N) is 1. The summed E-state index contributed by atoms with van der Waals surface area (Å²) in [7, 11) is 0. The molecule has 4 heteroatoms. The molecular weight excluding hydrogens is 240 g/mol. The van der Waals surface area contributed by atoms with Crippen molar-refractivity contribution in [2.24, 2.45) is 11.7 Å². The van der Waals surface area contributed by atoms with E-state index >= 15 is 0 Å². The molecule has 0 spiro atoms. The Morgan fingerprint density at radius 1 is 1.16 bits per heavy atom. The highest BCUT2D eigenvalue weighted by Gasteiger charge is 2.24. The van der Waals surface area contributed by atoms with E-state index in [2.05, 4.69) is 17.4 Å². The Kier molecular flexibility index (Phi) is 3.89. The van der Waals surface area contributed by atoms with Gasteiger partial charge in [-0.2, -0.15) is 0 Å². The average molecular weight is 262 g/mol. The molecule has 0 radical (unpaired) electrons. The molecule has 0 aromatic heterocycles. The molecule has 3 N–H and O–H groups in total. The maximum atomic E-state index is 5.78. The van der Waals surface area contributed by atoms with E-state index in [1.807, 2.05) is 6.07 Å². The molecule has 1 aromatic carbocycles. The van der Waals surface area contributed by atoms with E-state index in [4.69, 9.17) is 15.2 Å². The van der Waals surface area contributed by atoms with Crippen LogP contribution in [0.3, 0.4) is 0 Å². The lowest BCUT2D eigenvalue weighted by atomic mass is 9.81. The Morgan fingerprint density at radius 3 is 2.74 bits per heavy atom. The first-order chi connectivity index (χ1) is 9.31. The van der Waals surface area contributed by atoms with Crippen molar-refractivity contribution in [1.82, 2.24) is 5.32 Å². The van der Waals surface area contributed by atoms with Crippen LogP contribution in [0.4, 0.5) is 0 Å². The third kappa shape index (κ3) is 3.19. The highest BCUT2D eigenvalue weighted by atomic mass is 16.6. The van der Waals surface area contributed by atoms with Gasteiger partial charge in [0.15, 0.2) is 11.5 Å². The van der Waals surface area contributed by atoms with Gasteiger partial charge in [0, 0.05) is 6.04 Å². The number of hydrogen-bond acceptors (Lipinski definition) is 4. The summed E-state index contributed by atoms with van der Waals surface area (Å²) in [6.07, 6.45) is 3.38. The van der Waals surface area contributed by atoms with E-state index in [9.17, 15) is 0 Å². The maximum Gasteiger partial charge on any atom is 0.161 e. The minimum absolute atomic E-state index is 0.449. The van der Waals surface area contributed by atoms with Gasteiger partial charge in [-0.1, -0.05) is 6.07 Å². The van der Waals surface area contributed by atoms with Gasteiger partial charge in [0.1, 0.15) is 13.2 Å². The SMILES string of the molecule is NC1CC(CNCCc2ccc3c(c2)OCCO3)C1. The van der Waals surface area contributed by atoms with Crippen molar-refractivity contribution in [3.8, 4) is 11.5 Å². The second-order valence-electron chi connectivity index (χ2n) is 5.53. The summed E-state index contributed by atoms with van der Waals surface area (Å²) >= 11 is 0. The van der Waals surface area contributed by atoms with Crippen LogP contribution >= 0.6 is 0 Å². The minimum Gasteiger partial charge on any atom is -0.486 e. The van der Waals surface area contributed by atoms with Crippen molar-refractivity contribution in [3.63, 3.8) is 0 Å². The van der Waals surface area contributed by atoms with Gasteiger partial charge >= 0.3 is 0 Å². The Bertz CT molecular complexity index is 430. The van der Waals surface area contributed by atoms with Crippen LogP contribution in [0.5, 0.6) is 11.5 Å². The first-order valence-electron chi connectivity index (χ1n) is 7.16. The first-order valence-corrected chi connectivity index (χ1v) is 7.16. The molecule has 4 nitrogen and oxygen atoms in total. The Labute approximate surface area is 114 Å². The van der Waals surface area contributed by atoms with E-state index in [-0.39, 0.29) is 0 Å². The summed E-state index contributed by atoms with van der Waals surface area (Å²) in [6.45, 7) is 3.40. The molecule has 1 aliphatic heterocycles. The van der Waals surface area contributed by atoms with Crippen molar-refractivity contribution in [3.05, 3.63) is 23.8 Å². The average Bonchev–Trinajstić information content (AvgIpc) is 2.41. The van der Waals surface area contributed by atoms with Crippen LogP contribution in [-0.2, 0) is 6.42 Å².